The van der Waals surface area contributed by atoms with Crippen molar-refractivity contribution in [1.82, 2.24) is 0 Å². The molecule has 1 rings (SSSR count). The highest BCUT2D eigenvalue weighted by Crippen LogP contribution is 2.30. The number of benzene rings is 1. The second-order valence-corrected chi connectivity index (χ2v) is 5.69. The maximum atomic E-state index is 10.7. The number of hydrogen-bond donors (Lipinski definition) is 0. The van der Waals surface area contributed by atoms with Gasteiger partial charge in [-0.1, -0.05) is 55.6 Å². The van der Waals surface area contributed by atoms with Crippen LogP contribution in [0.25, 0.3) is 0 Å². The van der Waals surface area contributed by atoms with E-state index in [0.717, 1.165) is 12.7 Å². The van der Waals surface area contributed by atoms with Crippen molar-refractivity contribution in [2.45, 2.75) is 50.8 Å². The van der Waals surface area contributed by atoms with Crippen LogP contribution in [0.4, 0.5) is 0 Å². The van der Waals surface area contributed by atoms with Crippen molar-refractivity contribution in [3.8, 4) is 0 Å². The molecule has 0 bridgehead atoms. The molecule has 0 aliphatic rings. The van der Waals surface area contributed by atoms with Gasteiger partial charge < -0.3 is 0 Å². The molecule has 1 aromatic rings. The van der Waals surface area contributed by atoms with Gasteiger partial charge in [0, 0.05) is 4.90 Å². The molecule has 0 saturated heterocycles. The van der Waals surface area contributed by atoms with Gasteiger partial charge in [-0.3, -0.25) is 4.79 Å². The first-order chi connectivity index (χ1) is 8.76. The third-order valence-corrected chi connectivity index (χ3v) is 3.91. The zero-order valence-electron chi connectivity index (χ0n) is 11.3. The normalized spacial score (nSPS) is 11.6. The maximum Gasteiger partial charge on any atom is 0.143 e. The van der Waals surface area contributed by atoms with Crippen LogP contribution in [0.3, 0.4) is 0 Å². The first-order valence-corrected chi connectivity index (χ1v) is 7.46. The number of carbonyl (C=O) groups excluding carboxylic acids is 1. The Morgan fingerprint density at radius 2 is 1.89 bits per heavy atom. The third-order valence-electron chi connectivity index (χ3n) is 2.80. The molecule has 0 spiro atoms. The summed E-state index contributed by atoms with van der Waals surface area (Å²) in [6.07, 6.45) is 8.57. The molecule has 0 atom stereocenters. The van der Waals surface area contributed by atoms with Crippen LogP contribution in [0.15, 0.2) is 40.1 Å². The van der Waals surface area contributed by atoms with Gasteiger partial charge in [0.15, 0.2) is 0 Å². The van der Waals surface area contributed by atoms with Crippen molar-refractivity contribution in [2.75, 3.05) is 0 Å². The van der Waals surface area contributed by atoms with E-state index in [0.29, 0.717) is 0 Å². The van der Waals surface area contributed by atoms with E-state index in [9.17, 15) is 4.79 Å². The Hall–Kier alpha value is -1.02. The van der Waals surface area contributed by atoms with Crippen molar-refractivity contribution in [1.29, 1.82) is 0 Å². The van der Waals surface area contributed by atoms with Crippen molar-refractivity contribution < 1.29 is 4.79 Å². The molecule has 0 radical (unpaired) electrons. The monoisotopic (exact) mass is 262 g/mol. The van der Waals surface area contributed by atoms with Gasteiger partial charge in [-0.15, -0.1) is 0 Å². The summed E-state index contributed by atoms with van der Waals surface area (Å²) in [5, 5.41) is 0. The number of hydrogen-bond acceptors (Lipinski definition) is 2. The fraction of sp³-hybridized carbons (Fsp3) is 0.438. The fourth-order valence-corrected chi connectivity index (χ4v) is 2.67. The lowest BCUT2D eigenvalue weighted by molar-refractivity contribution is -0.104. The summed E-state index contributed by atoms with van der Waals surface area (Å²) in [5.74, 6) is 0. The molecule has 0 N–H and O–H groups in total. The molecule has 1 aromatic carbocycles. The summed E-state index contributed by atoms with van der Waals surface area (Å²) in [4.78, 5) is 13.0. The van der Waals surface area contributed by atoms with E-state index in [4.69, 9.17) is 0 Å². The van der Waals surface area contributed by atoms with Crippen LogP contribution in [-0.4, -0.2) is 6.29 Å². The van der Waals surface area contributed by atoms with E-state index >= 15 is 0 Å². The molecule has 0 amide bonds. The average Bonchev–Trinajstić information content (AvgIpc) is 2.37. The molecular weight excluding hydrogens is 240 g/mol. The summed E-state index contributed by atoms with van der Waals surface area (Å²) in [5.41, 5.74) is 1.27. The molecular formula is C16H22OS. The molecule has 0 saturated carbocycles. The lowest BCUT2D eigenvalue weighted by atomic mass is 10.1. The number of carbonyl (C=O) groups is 1. The first kappa shape index (κ1) is 15.0. The van der Waals surface area contributed by atoms with Crippen LogP contribution in [0.2, 0.25) is 0 Å². The minimum atomic E-state index is 0.899. The molecule has 1 nitrogen and oxygen atoms in total. The second-order valence-electron chi connectivity index (χ2n) is 4.49. The first-order valence-electron chi connectivity index (χ1n) is 6.65. The van der Waals surface area contributed by atoms with Crippen molar-refractivity contribution >= 4 is 18.0 Å². The molecule has 0 fully saturated rings. The molecule has 0 aromatic heterocycles. The second kappa shape index (κ2) is 8.98. The predicted octanol–water partition coefficient (Wildman–Crippen LogP) is 5.14. The Balaban J connectivity index is 2.50. The minimum Gasteiger partial charge on any atom is -0.299 e. The molecule has 0 unspecified atom stereocenters. The molecule has 98 valence electrons. The van der Waals surface area contributed by atoms with Gasteiger partial charge in [0.05, 0.1) is 0 Å². The largest absolute Gasteiger partial charge is 0.299 e. The molecule has 0 aliphatic heterocycles. The Bertz CT molecular complexity index is 379. The van der Waals surface area contributed by atoms with Gasteiger partial charge in [0.1, 0.15) is 6.29 Å². The smallest absolute Gasteiger partial charge is 0.143 e. The Kier molecular flexibility index (Phi) is 7.51. The third kappa shape index (κ3) is 6.06. The number of unbranched alkanes of at least 4 members (excludes halogenated alkanes) is 3. The molecule has 18 heavy (non-hydrogen) atoms. The quantitative estimate of drug-likeness (QED) is 0.279. The summed E-state index contributed by atoms with van der Waals surface area (Å²) in [7, 11) is 0. The lowest BCUT2D eigenvalue weighted by Gasteiger charge is -2.06. The van der Waals surface area contributed by atoms with E-state index in [2.05, 4.69) is 38.1 Å². The highest BCUT2D eigenvalue weighted by molar-refractivity contribution is 8.03. The maximum absolute atomic E-state index is 10.7. The van der Waals surface area contributed by atoms with Gasteiger partial charge in [0.25, 0.3) is 0 Å². The minimum absolute atomic E-state index is 0.899. The summed E-state index contributed by atoms with van der Waals surface area (Å²) < 4.78 is 0. The van der Waals surface area contributed by atoms with Gasteiger partial charge in [-0.25, -0.2) is 0 Å². The van der Waals surface area contributed by atoms with E-state index in [1.807, 2.05) is 0 Å². The Morgan fingerprint density at radius 3 is 2.50 bits per heavy atom. The van der Waals surface area contributed by atoms with Gasteiger partial charge in [-0.05, 0) is 42.9 Å². The molecule has 0 heterocycles. The van der Waals surface area contributed by atoms with E-state index in [-0.39, 0.29) is 0 Å². The summed E-state index contributed by atoms with van der Waals surface area (Å²) in [6.45, 7) is 4.30. The van der Waals surface area contributed by atoms with Crippen LogP contribution in [0, 0.1) is 6.92 Å². The van der Waals surface area contributed by atoms with Crippen LogP contribution >= 0.6 is 11.8 Å². The molecule has 0 aliphatic carbocycles. The van der Waals surface area contributed by atoms with E-state index in [1.54, 1.807) is 17.8 Å². The highest BCUT2D eigenvalue weighted by atomic mass is 32.2. The number of aldehydes is 1. The lowest BCUT2D eigenvalue weighted by Crippen LogP contribution is -1.83. The SMILES string of the molecule is CCCCCC/C(=C\C=O)Sc1ccc(C)cc1. The summed E-state index contributed by atoms with van der Waals surface area (Å²) in [6, 6.07) is 8.45. The van der Waals surface area contributed by atoms with Crippen molar-refractivity contribution in [3.63, 3.8) is 0 Å². The van der Waals surface area contributed by atoms with Crippen molar-refractivity contribution in [3.05, 3.63) is 40.8 Å². The summed E-state index contributed by atoms with van der Waals surface area (Å²) >= 11 is 1.71. The van der Waals surface area contributed by atoms with Gasteiger partial charge in [0.2, 0.25) is 0 Å². The Morgan fingerprint density at radius 1 is 1.17 bits per heavy atom. The van der Waals surface area contributed by atoms with E-state index in [1.165, 1.54) is 41.0 Å². The van der Waals surface area contributed by atoms with Gasteiger partial charge in [-0.2, -0.15) is 0 Å². The molecule has 2 heteroatoms. The van der Waals surface area contributed by atoms with Crippen LogP contribution in [-0.2, 0) is 4.79 Å². The Labute approximate surface area is 115 Å². The van der Waals surface area contributed by atoms with Crippen LogP contribution in [0.1, 0.15) is 44.6 Å². The number of thioether (sulfide) groups is 1. The van der Waals surface area contributed by atoms with Crippen molar-refractivity contribution in [2.24, 2.45) is 0 Å². The predicted molar refractivity (Wildman–Crippen MR) is 79.9 cm³/mol. The fourth-order valence-electron chi connectivity index (χ4n) is 1.73. The number of aryl methyl sites for hydroxylation is 1. The van der Waals surface area contributed by atoms with E-state index < -0.39 is 0 Å². The number of allylic oxidation sites excluding steroid dienone is 2. The zero-order valence-corrected chi connectivity index (χ0v) is 12.1. The number of rotatable bonds is 8. The van der Waals surface area contributed by atoms with Gasteiger partial charge >= 0.3 is 0 Å². The average molecular weight is 262 g/mol. The standard InChI is InChI=1S/C16H22OS/c1-3-4-5-6-7-15(12-13-17)18-16-10-8-14(2)9-11-16/h8-13H,3-7H2,1-2H3/b15-12+. The topological polar surface area (TPSA) is 17.1 Å². The van der Waals surface area contributed by atoms with Crippen LogP contribution in [0.5, 0.6) is 0 Å². The highest BCUT2D eigenvalue weighted by Gasteiger charge is 2.01. The zero-order chi connectivity index (χ0) is 13.2. The van der Waals surface area contributed by atoms with Crippen LogP contribution < -0.4 is 0 Å².